The van der Waals surface area contributed by atoms with Crippen LogP contribution in [0.4, 0.5) is 0 Å². The van der Waals surface area contributed by atoms with Crippen LogP contribution in [-0.2, 0) is 10.2 Å². The molecular formula is C20H27BrN2O. The number of hydrogen-bond donors (Lipinski definition) is 2. The fraction of sp³-hybridized carbons (Fsp3) is 0.650. The van der Waals surface area contributed by atoms with Gasteiger partial charge >= 0.3 is 0 Å². The van der Waals surface area contributed by atoms with Crippen LogP contribution in [0.5, 0.6) is 0 Å². The highest BCUT2D eigenvalue weighted by atomic mass is 79.9. The van der Waals surface area contributed by atoms with E-state index in [4.69, 9.17) is 5.73 Å². The van der Waals surface area contributed by atoms with Crippen LogP contribution < -0.4 is 11.1 Å². The highest BCUT2D eigenvalue weighted by Crippen LogP contribution is 2.46. The standard InChI is InChI=1S/C20H27BrN2O/c21-16-7-5-15(6-8-16)20(9-2-10-20)19(24)23-18-13-3-1-4-14(18)12-17(22)11-13/h5-8,13-14,17-18H,1-4,9-12,22H2,(H,23,24). The van der Waals surface area contributed by atoms with Gasteiger partial charge < -0.3 is 11.1 Å². The van der Waals surface area contributed by atoms with E-state index in [0.717, 1.165) is 36.6 Å². The van der Waals surface area contributed by atoms with Crippen molar-refractivity contribution in [3.8, 4) is 0 Å². The van der Waals surface area contributed by atoms with Gasteiger partial charge in [0.2, 0.25) is 5.91 Å². The van der Waals surface area contributed by atoms with Crippen molar-refractivity contribution in [3.63, 3.8) is 0 Å². The van der Waals surface area contributed by atoms with E-state index in [-0.39, 0.29) is 11.3 Å². The number of nitrogens with two attached hydrogens (primary N) is 1. The first-order chi connectivity index (χ1) is 11.6. The highest BCUT2D eigenvalue weighted by Gasteiger charge is 2.48. The van der Waals surface area contributed by atoms with Gasteiger partial charge in [-0.2, -0.15) is 0 Å². The summed E-state index contributed by atoms with van der Waals surface area (Å²) in [7, 11) is 0. The van der Waals surface area contributed by atoms with Gasteiger partial charge in [0, 0.05) is 16.6 Å². The van der Waals surface area contributed by atoms with Crippen molar-refractivity contribution in [3.05, 3.63) is 34.3 Å². The maximum absolute atomic E-state index is 13.3. The molecular weight excluding hydrogens is 364 g/mol. The fourth-order valence-corrected chi connectivity index (χ4v) is 5.52. The fourth-order valence-electron chi connectivity index (χ4n) is 5.26. The van der Waals surface area contributed by atoms with Crippen molar-refractivity contribution >= 4 is 21.8 Å². The van der Waals surface area contributed by atoms with Crippen molar-refractivity contribution in [2.45, 2.75) is 68.9 Å². The number of halogens is 1. The van der Waals surface area contributed by atoms with Crippen molar-refractivity contribution in [2.75, 3.05) is 0 Å². The first kappa shape index (κ1) is 16.6. The Bertz CT molecular complexity index is 597. The van der Waals surface area contributed by atoms with Crippen LogP contribution in [0.15, 0.2) is 28.7 Å². The number of amides is 1. The minimum absolute atomic E-state index is 0.258. The summed E-state index contributed by atoms with van der Waals surface area (Å²) in [4.78, 5) is 13.3. The summed E-state index contributed by atoms with van der Waals surface area (Å²) >= 11 is 3.49. The third-order valence-corrected chi connectivity index (χ3v) is 7.24. The molecule has 3 fully saturated rings. The number of hydrogen-bond acceptors (Lipinski definition) is 2. The number of nitrogens with one attached hydrogen (secondary N) is 1. The molecule has 2 unspecified atom stereocenters. The normalized spacial score (nSPS) is 34.2. The molecule has 24 heavy (non-hydrogen) atoms. The largest absolute Gasteiger partial charge is 0.352 e. The number of benzene rings is 1. The van der Waals surface area contributed by atoms with E-state index in [1.165, 1.54) is 24.8 Å². The van der Waals surface area contributed by atoms with Gasteiger partial charge in [0.15, 0.2) is 0 Å². The molecule has 1 aromatic carbocycles. The molecule has 3 aliphatic rings. The van der Waals surface area contributed by atoms with Gasteiger partial charge in [-0.3, -0.25) is 4.79 Å². The van der Waals surface area contributed by atoms with Crippen LogP contribution >= 0.6 is 15.9 Å². The van der Waals surface area contributed by atoms with E-state index in [0.29, 0.717) is 23.9 Å². The van der Waals surface area contributed by atoms with Crippen molar-refractivity contribution in [2.24, 2.45) is 17.6 Å². The van der Waals surface area contributed by atoms with Gasteiger partial charge in [0.05, 0.1) is 5.41 Å². The maximum atomic E-state index is 13.3. The molecule has 0 aliphatic heterocycles. The second-order valence-corrected chi connectivity index (χ2v) is 9.04. The van der Waals surface area contributed by atoms with Crippen LogP contribution in [0.2, 0.25) is 0 Å². The average Bonchev–Trinajstić information content (AvgIpc) is 2.49. The molecule has 3 N–H and O–H groups in total. The molecule has 1 amide bonds. The molecule has 0 radical (unpaired) electrons. The Morgan fingerprint density at radius 3 is 2.25 bits per heavy atom. The number of fused-ring (bicyclic) bond motifs is 2. The monoisotopic (exact) mass is 390 g/mol. The second kappa shape index (κ2) is 6.45. The lowest BCUT2D eigenvalue weighted by atomic mass is 9.62. The first-order valence-electron chi connectivity index (χ1n) is 9.41. The minimum Gasteiger partial charge on any atom is -0.352 e. The predicted octanol–water partition coefficient (Wildman–Crippen LogP) is 3.89. The van der Waals surface area contributed by atoms with Crippen molar-refractivity contribution in [1.82, 2.24) is 5.32 Å². The second-order valence-electron chi connectivity index (χ2n) is 8.12. The summed E-state index contributed by atoms with van der Waals surface area (Å²) < 4.78 is 1.07. The molecule has 0 spiro atoms. The van der Waals surface area contributed by atoms with Gasteiger partial charge in [-0.05, 0) is 68.1 Å². The Morgan fingerprint density at radius 2 is 1.71 bits per heavy atom. The Labute approximate surface area is 152 Å². The third-order valence-electron chi connectivity index (χ3n) is 6.71. The van der Waals surface area contributed by atoms with Crippen molar-refractivity contribution in [1.29, 1.82) is 0 Å². The van der Waals surface area contributed by atoms with Gasteiger partial charge in [-0.25, -0.2) is 0 Å². The summed E-state index contributed by atoms with van der Waals surface area (Å²) in [6, 6.07) is 9.01. The van der Waals surface area contributed by atoms with Crippen LogP contribution in [-0.4, -0.2) is 18.0 Å². The molecule has 0 aromatic heterocycles. The lowest BCUT2D eigenvalue weighted by molar-refractivity contribution is -0.132. The first-order valence-corrected chi connectivity index (χ1v) is 10.2. The van der Waals surface area contributed by atoms with Gasteiger partial charge in [-0.1, -0.05) is 40.9 Å². The lowest BCUT2D eigenvalue weighted by Gasteiger charge is -2.48. The molecule has 0 saturated heterocycles. The Kier molecular flexibility index (Phi) is 4.46. The molecule has 3 aliphatic carbocycles. The summed E-state index contributed by atoms with van der Waals surface area (Å²) in [5.74, 6) is 1.42. The van der Waals surface area contributed by atoms with Crippen LogP contribution in [0, 0.1) is 11.8 Å². The zero-order valence-corrected chi connectivity index (χ0v) is 15.7. The number of carbonyl (C=O) groups is 1. The maximum Gasteiger partial charge on any atom is 0.230 e. The molecule has 1 aromatic rings. The summed E-state index contributed by atoms with van der Waals surface area (Å²) in [5, 5.41) is 3.49. The van der Waals surface area contributed by atoms with Crippen LogP contribution in [0.25, 0.3) is 0 Å². The zero-order chi connectivity index (χ0) is 16.7. The molecule has 130 valence electrons. The highest BCUT2D eigenvalue weighted by molar-refractivity contribution is 9.10. The van der Waals surface area contributed by atoms with E-state index in [1.54, 1.807) is 0 Å². The van der Waals surface area contributed by atoms with E-state index in [1.807, 2.05) is 0 Å². The molecule has 3 nitrogen and oxygen atoms in total. The van der Waals surface area contributed by atoms with Crippen LogP contribution in [0.3, 0.4) is 0 Å². The molecule has 2 atom stereocenters. The van der Waals surface area contributed by atoms with E-state index >= 15 is 0 Å². The predicted molar refractivity (Wildman–Crippen MR) is 99.6 cm³/mol. The Morgan fingerprint density at radius 1 is 1.08 bits per heavy atom. The zero-order valence-electron chi connectivity index (χ0n) is 14.1. The van der Waals surface area contributed by atoms with E-state index in [9.17, 15) is 4.79 Å². The number of rotatable bonds is 3. The lowest BCUT2D eigenvalue weighted by Crippen LogP contribution is -2.59. The minimum atomic E-state index is -0.297. The number of carbonyl (C=O) groups excluding carboxylic acids is 1. The molecule has 3 saturated carbocycles. The van der Waals surface area contributed by atoms with Crippen LogP contribution in [0.1, 0.15) is 56.9 Å². The molecule has 4 rings (SSSR count). The van der Waals surface area contributed by atoms with Crippen molar-refractivity contribution < 1.29 is 4.79 Å². The van der Waals surface area contributed by atoms with E-state index < -0.39 is 0 Å². The quantitative estimate of drug-likeness (QED) is 0.821. The van der Waals surface area contributed by atoms with Gasteiger partial charge in [0.1, 0.15) is 0 Å². The average molecular weight is 391 g/mol. The molecule has 4 heteroatoms. The van der Waals surface area contributed by atoms with Gasteiger partial charge in [0.25, 0.3) is 0 Å². The Hall–Kier alpha value is -0.870. The summed E-state index contributed by atoms with van der Waals surface area (Å²) in [6.07, 6.45) is 8.99. The molecule has 2 bridgehead atoms. The summed E-state index contributed by atoms with van der Waals surface area (Å²) in [6.45, 7) is 0. The summed E-state index contributed by atoms with van der Waals surface area (Å²) in [5.41, 5.74) is 7.11. The SMILES string of the molecule is NC1CC2CCCC(C1)C2NC(=O)C1(c2ccc(Br)cc2)CCC1. The van der Waals surface area contributed by atoms with E-state index in [2.05, 4.69) is 45.5 Å². The third kappa shape index (κ3) is 2.82. The smallest absolute Gasteiger partial charge is 0.230 e. The molecule has 0 heterocycles. The van der Waals surface area contributed by atoms with Gasteiger partial charge in [-0.15, -0.1) is 0 Å². The Balaban J connectivity index is 1.53. The topological polar surface area (TPSA) is 55.1 Å².